The third-order valence-electron chi connectivity index (χ3n) is 6.13. The molecule has 0 bridgehead atoms. The van der Waals surface area contributed by atoms with Crippen molar-refractivity contribution in [1.82, 2.24) is 0 Å². The Morgan fingerprint density at radius 3 is 2.45 bits per heavy atom. The molecule has 2 aromatic carbocycles. The van der Waals surface area contributed by atoms with Crippen LogP contribution in [-0.4, -0.2) is 21.7 Å². The van der Waals surface area contributed by atoms with Gasteiger partial charge in [0.05, 0.1) is 11.3 Å². The molecule has 2 aromatic rings. The van der Waals surface area contributed by atoms with E-state index in [9.17, 15) is 9.59 Å². The lowest BCUT2D eigenvalue weighted by molar-refractivity contribution is -0.110. The molecule has 0 saturated heterocycles. The number of Topliss-reactive ketones (excluding diaryl/α,β-unsaturated/α-hetero) is 2. The maximum Gasteiger partial charge on any atom is 0.269 e. The highest BCUT2D eigenvalue weighted by atomic mass is 32.2. The van der Waals surface area contributed by atoms with Gasteiger partial charge in [-0.2, -0.15) is 5.10 Å². The SMILES string of the molecule is CC(=O)C1=NN(c2ccccc2)[C@@]2(Oc3ccccc3C(=O)C23CCCCC3)S1. The van der Waals surface area contributed by atoms with Crippen LogP contribution in [0.4, 0.5) is 5.69 Å². The molecule has 2 spiro atoms. The number of hydrogen-bond acceptors (Lipinski definition) is 6. The summed E-state index contributed by atoms with van der Waals surface area (Å²) in [6, 6.07) is 17.1. The zero-order chi connectivity index (χ0) is 20.1. The summed E-state index contributed by atoms with van der Waals surface area (Å²) in [4.78, 5) is 26.3. The standard InChI is InChI=1S/C23H22N2O3S/c1-16(26)21-24-25(17-10-4-2-5-11-17)23(29-21)22(14-8-3-9-15-22)20(27)18-12-6-7-13-19(18)28-23/h2,4-7,10-13H,3,8-9,14-15H2,1H3/t23-/m0/s1. The van der Waals surface area contributed by atoms with Crippen LogP contribution in [0.2, 0.25) is 0 Å². The van der Waals surface area contributed by atoms with Gasteiger partial charge in [-0.25, -0.2) is 5.01 Å². The van der Waals surface area contributed by atoms with E-state index < -0.39 is 10.5 Å². The van der Waals surface area contributed by atoms with Gasteiger partial charge in [-0.3, -0.25) is 9.59 Å². The lowest BCUT2D eigenvalue weighted by atomic mass is 9.66. The number of carbonyl (C=O) groups excluding carboxylic acids is 2. The number of ether oxygens (including phenoxy) is 1. The lowest BCUT2D eigenvalue weighted by Gasteiger charge is -2.53. The van der Waals surface area contributed by atoms with Crippen molar-refractivity contribution in [1.29, 1.82) is 0 Å². The number of nitrogens with zero attached hydrogens (tertiary/aromatic N) is 2. The number of hydrogen-bond donors (Lipinski definition) is 0. The summed E-state index contributed by atoms with van der Waals surface area (Å²) in [5.74, 6) is 0.545. The first kappa shape index (κ1) is 18.4. The molecule has 1 fully saturated rings. The maximum absolute atomic E-state index is 14.0. The summed E-state index contributed by atoms with van der Waals surface area (Å²) in [7, 11) is 0. The largest absolute Gasteiger partial charge is 0.454 e. The van der Waals surface area contributed by atoms with Gasteiger partial charge in [-0.05, 0) is 48.9 Å². The lowest BCUT2D eigenvalue weighted by Crippen LogP contribution is -2.64. The second-order valence-corrected chi connectivity index (χ2v) is 9.01. The summed E-state index contributed by atoms with van der Waals surface area (Å²) in [6.45, 7) is 1.51. The minimum atomic E-state index is -1.10. The first-order chi connectivity index (χ1) is 14.1. The minimum Gasteiger partial charge on any atom is -0.454 e. The molecule has 6 heteroatoms. The van der Waals surface area contributed by atoms with E-state index in [0.717, 1.165) is 37.8 Å². The Morgan fingerprint density at radius 1 is 1.03 bits per heavy atom. The highest BCUT2D eigenvalue weighted by Crippen LogP contribution is 2.61. The Kier molecular flexibility index (Phi) is 4.28. The molecule has 1 saturated carbocycles. The molecule has 0 radical (unpaired) electrons. The quantitative estimate of drug-likeness (QED) is 0.701. The first-order valence-electron chi connectivity index (χ1n) is 10.0. The van der Waals surface area contributed by atoms with Crippen molar-refractivity contribution in [3.63, 3.8) is 0 Å². The minimum absolute atomic E-state index is 0.104. The van der Waals surface area contributed by atoms with E-state index in [1.165, 1.54) is 18.7 Å². The normalized spacial score (nSPS) is 24.9. The number of ketones is 2. The Hall–Kier alpha value is -2.60. The average molecular weight is 407 g/mol. The van der Waals surface area contributed by atoms with E-state index in [0.29, 0.717) is 16.4 Å². The number of para-hydroxylation sites is 2. The van der Waals surface area contributed by atoms with E-state index in [1.54, 1.807) is 5.01 Å². The highest BCUT2D eigenvalue weighted by Gasteiger charge is 2.68. The van der Waals surface area contributed by atoms with Crippen LogP contribution < -0.4 is 9.75 Å². The van der Waals surface area contributed by atoms with Crippen molar-refractivity contribution in [2.24, 2.45) is 10.5 Å². The van der Waals surface area contributed by atoms with Gasteiger partial charge < -0.3 is 4.74 Å². The molecule has 5 rings (SSSR count). The molecule has 0 amide bonds. The van der Waals surface area contributed by atoms with Crippen LogP contribution in [0.15, 0.2) is 59.7 Å². The Balaban J connectivity index is 1.75. The van der Waals surface area contributed by atoms with Gasteiger partial charge in [0.1, 0.15) is 11.2 Å². The molecule has 0 aromatic heterocycles. The van der Waals surface area contributed by atoms with Crippen LogP contribution in [0.3, 0.4) is 0 Å². The number of fused-ring (bicyclic) bond motifs is 2. The number of carbonyl (C=O) groups is 2. The van der Waals surface area contributed by atoms with Crippen molar-refractivity contribution in [3.8, 4) is 5.75 Å². The Labute approximate surface area is 174 Å². The van der Waals surface area contributed by atoms with Crippen molar-refractivity contribution in [3.05, 3.63) is 60.2 Å². The molecule has 2 aliphatic heterocycles. The molecule has 2 heterocycles. The molecule has 148 valence electrons. The number of benzene rings is 2. The van der Waals surface area contributed by atoms with Crippen molar-refractivity contribution in [2.45, 2.75) is 44.1 Å². The summed E-state index contributed by atoms with van der Waals surface area (Å²) in [5, 5.41) is 5.75. The molecule has 5 nitrogen and oxygen atoms in total. The van der Waals surface area contributed by atoms with Gasteiger partial charge in [-0.1, -0.05) is 49.6 Å². The highest BCUT2D eigenvalue weighted by molar-refractivity contribution is 8.17. The maximum atomic E-state index is 14.0. The van der Waals surface area contributed by atoms with Crippen molar-refractivity contribution in [2.75, 3.05) is 5.01 Å². The molecule has 29 heavy (non-hydrogen) atoms. The van der Waals surface area contributed by atoms with Gasteiger partial charge in [0.15, 0.2) is 16.6 Å². The summed E-state index contributed by atoms with van der Waals surface area (Å²) >= 11 is 1.30. The van der Waals surface area contributed by atoms with Crippen LogP contribution in [0.25, 0.3) is 0 Å². The monoisotopic (exact) mass is 406 g/mol. The van der Waals surface area contributed by atoms with E-state index in [-0.39, 0.29) is 11.6 Å². The van der Waals surface area contributed by atoms with Gasteiger partial charge in [0.25, 0.3) is 5.06 Å². The molecular formula is C23H22N2O3S. The van der Waals surface area contributed by atoms with Gasteiger partial charge in [0, 0.05) is 6.92 Å². The average Bonchev–Trinajstić information content (AvgIpc) is 3.15. The molecule has 1 aliphatic carbocycles. The molecule has 1 atom stereocenters. The second-order valence-electron chi connectivity index (χ2n) is 7.86. The van der Waals surface area contributed by atoms with Gasteiger partial charge in [-0.15, -0.1) is 0 Å². The number of hydrazone groups is 1. The van der Waals surface area contributed by atoms with Gasteiger partial charge in [0.2, 0.25) is 0 Å². The first-order valence-corrected chi connectivity index (χ1v) is 10.9. The summed E-state index contributed by atoms with van der Waals surface area (Å²) in [5.41, 5.74) is 0.680. The predicted molar refractivity (Wildman–Crippen MR) is 114 cm³/mol. The van der Waals surface area contributed by atoms with Crippen LogP contribution in [0, 0.1) is 5.41 Å². The van der Waals surface area contributed by atoms with Crippen LogP contribution in [0.5, 0.6) is 5.75 Å². The van der Waals surface area contributed by atoms with Crippen molar-refractivity contribution < 1.29 is 14.3 Å². The molecular weight excluding hydrogens is 384 g/mol. The van der Waals surface area contributed by atoms with E-state index in [2.05, 4.69) is 5.10 Å². The Bertz CT molecular complexity index is 1010. The zero-order valence-corrected chi connectivity index (χ0v) is 17.1. The fraction of sp³-hybridized carbons (Fsp3) is 0.348. The Morgan fingerprint density at radius 2 is 1.72 bits per heavy atom. The van der Waals surface area contributed by atoms with Crippen LogP contribution >= 0.6 is 11.8 Å². The van der Waals surface area contributed by atoms with Crippen molar-refractivity contribution >= 4 is 34.1 Å². The van der Waals surface area contributed by atoms with E-state index >= 15 is 0 Å². The smallest absolute Gasteiger partial charge is 0.269 e. The van der Waals surface area contributed by atoms with E-state index in [4.69, 9.17) is 4.74 Å². The molecule has 3 aliphatic rings. The predicted octanol–water partition coefficient (Wildman–Crippen LogP) is 5.02. The summed E-state index contributed by atoms with van der Waals surface area (Å²) < 4.78 is 6.69. The van der Waals surface area contributed by atoms with Crippen LogP contribution in [0.1, 0.15) is 49.4 Å². The fourth-order valence-electron chi connectivity index (χ4n) is 4.74. The second kappa shape index (κ2) is 6.73. The number of thioether (sulfide) groups is 1. The molecule has 0 N–H and O–H groups in total. The zero-order valence-electron chi connectivity index (χ0n) is 16.3. The third-order valence-corrected chi connectivity index (χ3v) is 7.62. The topological polar surface area (TPSA) is 59.0 Å². The van der Waals surface area contributed by atoms with Gasteiger partial charge >= 0.3 is 0 Å². The fourth-order valence-corrected chi connectivity index (χ4v) is 6.13. The number of rotatable bonds is 2. The summed E-state index contributed by atoms with van der Waals surface area (Å²) in [6.07, 6.45) is 4.45. The van der Waals surface area contributed by atoms with Crippen LogP contribution in [-0.2, 0) is 4.79 Å². The van der Waals surface area contributed by atoms with E-state index in [1.807, 2.05) is 54.6 Å². The number of anilines is 1. The third kappa shape index (κ3) is 2.58. The molecule has 0 unspecified atom stereocenters.